The van der Waals surface area contributed by atoms with Crippen LogP contribution >= 0.6 is 0 Å². The van der Waals surface area contributed by atoms with Crippen LogP contribution in [0.1, 0.15) is 11.3 Å². The number of aromatic nitrogens is 2. The fraction of sp³-hybridized carbons (Fsp3) is 0.357. The average Bonchev–Trinajstić information content (AvgIpc) is 2.71. The van der Waals surface area contributed by atoms with Crippen molar-refractivity contribution in [2.45, 2.75) is 11.8 Å². The lowest BCUT2D eigenvalue weighted by Gasteiger charge is -2.43. The van der Waals surface area contributed by atoms with Gasteiger partial charge in [0.1, 0.15) is 5.82 Å². The molecule has 1 saturated heterocycles. The molecule has 2 aromatic rings. The molecule has 1 aromatic heterocycles. The molecule has 3 nitrogen and oxygen atoms in total. The predicted molar refractivity (Wildman–Crippen MR) is 67.9 cm³/mol. The molecule has 0 saturated carbocycles. The molecular formula is C14H16FN3. The van der Waals surface area contributed by atoms with Crippen LogP contribution in [0.5, 0.6) is 0 Å². The summed E-state index contributed by atoms with van der Waals surface area (Å²) >= 11 is 0. The van der Waals surface area contributed by atoms with E-state index in [9.17, 15) is 4.39 Å². The third kappa shape index (κ3) is 1.82. The molecule has 3 rings (SSSR count). The van der Waals surface area contributed by atoms with Gasteiger partial charge in [-0.1, -0.05) is 18.2 Å². The van der Waals surface area contributed by atoms with Crippen LogP contribution < -0.4 is 5.32 Å². The van der Waals surface area contributed by atoms with Crippen molar-refractivity contribution in [3.05, 3.63) is 53.6 Å². The summed E-state index contributed by atoms with van der Waals surface area (Å²) in [5.41, 5.74) is 1.68. The van der Waals surface area contributed by atoms with E-state index >= 15 is 0 Å². The Labute approximate surface area is 106 Å². The topological polar surface area (TPSA) is 29.9 Å². The summed E-state index contributed by atoms with van der Waals surface area (Å²) in [6.07, 6.45) is 2.71. The van der Waals surface area contributed by atoms with Gasteiger partial charge in [-0.05, 0) is 17.7 Å². The van der Waals surface area contributed by atoms with Crippen molar-refractivity contribution in [1.29, 1.82) is 0 Å². The number of rotatable bonds is 3. The van der Waals surface area contributed by atoms with Gasteiger partial charge in [-0.3, -0.25) is 4.68 Å². The highest BCUT2D eigenvalue weighted by Crippen LogP contribution is 2.33. The Hall–Kier alpha value is -1.68. The second kappa shape index (κ2) is 4.21. The number of nitrogens with one attached hydrogen (secondary N) is 1. The maximum atomic E-state index is 14.0. The maximum Gasteiger partial charge on any atom is 0.127 e. The Morgan fingerprint density at radius 1 is 1.33 bits per heavy atom. The van der Waals surface area contributed by atoms with E-state index in [-0.39, 0.29) is 11.2 Å². The largest absolute Gasteiger partial charge is 0.315 e. The number of hydrogen-bond donors (Lipinski definition) is 1. The molecule has 0 atom stereocenters. The molecule has 1 aromatic carbocycles. The number of benzene rings is 1. The first-order chi connectivity index (χ1) is 8.70. The minimum Gasteiger partial charge on any atom is -0.315 e. The number of nitrogens with zero attached hydrogens (tertiary/aromatic N) is 2. The van der Waals surface area contributed by atoms with Crippen LogP contribution in [0.2, 0.25) is 0 Å². The van der Waals surface area contributed by atoms with E-state index in [2.05, 4.69) is 10.4 Å². The SMILES string of the molecule is Cn1ccc(CC2(c3ccccc3F)CNC2)n1. The zero-order valence-corrected chi connectivity index (χ0v) is 10.4. The summed E-state index contributed by atoms with van der Waals surface area (Å²) in [7, 11) is 1.90. The molecule has 0 aliphatic carbocycles. The van der Waals surface area contributed by atoms with Crippen molar-refractivity contribution in [3.8, 4) is 0 Å². The van der Waals surface area contributed by atoms with Crippen LogP contribution in [0.4, 0.5) is 4.39 Å². The fourth-order valence-corrected chi connectivity index (χ4v) is 2.63. The smallest absolute Gasteiger partial charge is 0.127 e. The van der Waals surface area contributed by atoms with E-state index in [1.54, 1.807) is 10.7 Å². The Kier molecular flexibility index (Phi) is 2.67. The second-order valence-electron chi connectivity index (χ2n) is 5.02. The molecule has 1 fully saturated rings. The summed E-state index contributed by atoms with van der Waals surface area (Å²) in [4.78, 5) is 0. The van der Waals surface area contributed by atoms with Gasteiger partial charge in [0.25, 0.3) is 0 Å². The van der Waals surface area contributed by atoms with Crippen LogP contribution in [0, 0.1) is 5.82 Å². The van der Waals surface area contributed by atoms with Crippen molar-refractivity contribution in [3.63, 3.8) is 0 Å². The minimum atomic E-state index is -0.139. The van der Waals surface area contributed by atoms with Gasteiger partial charge in [0.2, 0.25) is 0 Å². The van der Waals surface area contributed by atoms with Crippen molar-refractivity contribution in [1.82, 2.24) is 15.1 Å². The summed E-state index contributed by atoms with van der Waals surface area (Å²) in [5.74, 6) is -0.116. The molecule has 1 aliphatic rings. The molecule has 18 heavy (non-hydrogen) atoms. The van der Waals surface area contributed by atoms with E-state index < -0.39 is 0 Å². The lowest BCUT2D eigenvalue weighted by Crippen LogP contribution is -2.58. The zero-order valence-electron chi connectivity index (χ0n) is 10.4. The first kappa shape index (κ1) is 11.4. The third-order valence-electron chi connectivity index (χ3n) is 3.66. The van der Waals surface area contributed by atoms with E-state index in [1.807, 2.05) is 31.4 Å². The Bertz CT molecular complexity index is 558. The molecule has 0 spiro atoms. The van der Waals surface area contributed by atoms with Crippen molar-refractivity contribution >= 4 is 0 Å². The lowest BCUT2D eigenvalue weighted by atomic mass is 9.71. The average molecular weight is 245 g/mol. The minimum absolute atomic E-state index is 0.116. The fourth-order valence-electron chi connectivity index (χ4n) is 2.63. The summed E-state index contributed by atoms with van der Waals surface area (Å²) < 4.78 is 15.7. The molecule has 1 aliphatic heterocycles. The van der Waals surface area contributed by atoms with E-state index in [4.69, 9.17) is 0 Å². The van der Waals surface area contributed by atoms with Gasteiger partial charge in [0.05, 0.1) is 5.69 Å². The van der Waals surface area contributed by atoms with Crippen LogP contribution in [-0.4, -0.2) is 22.9 Å². The summed E-state index contributed by atoms with van der Waals surface area (Å²) in [6.45, 7) is 1.62. The number of aryl methyl sites for hydroxylation is 1. The van der Waals surface area contributed by atoms with Gasteiger partial charge in [0.15, 0.2) is 0 Å². The highest BCUT2D eigenvalue weighted by atomic mass is 19.1. The van der Waals surface area contributed by atoms with E-state index in [0.717, 1.165) is 30.8 Å². The van der Waals surface area contributed by atoms with Crippen LogP contribution in [0.25, 0.3) is 0 Å². The number of hydrogen-bond acceptors (Lipinski definition) is 2. The van der Waals surface area contributed by atoms with Crippen molar-refractivity contribution in [2.24, 2.45) is 7.05 Å². The van der Waals surface area contributed by atoms with Gasteiger partial charge in [0, 0.05) is 38.2 Å². The third-order valence-corrected chi connectivity index (χ3v) is 3.66. The highest BCUT2D eigenvalue weighted by Gasteiger charge is 2.41. The molecule has 2 heterocycles. The molecule has 94 valence electrons. The first-order valence-corrected chi connectivity index (χ1v) is 6.14. The first-order valence-electron chi connectivity index (χ1n) is 6.14. The molecule has 0 bridgehead atoms. The normalized spacial score (nSPS) is 17.4. The maximum absolute atomic E-state index is 14.0. The quantitative estimate of drug-likeness (QED) is 0.891. The number of halogens is 1. The summed E-state index contributed by atoms with van der Waals surface area (Å²) in [5, 5.41) is 7.65. The molecule has 0 amide bonds. The Balaban J connectivity index is 1.93. The van der Waals surface area contributed by atoms with Crippen molar-refractivity contribution in [2.75, 3.05) is 13.1 Å². The van der Waals surface area contributed by atoms with Crippen LogP contribution in [-0.2, 0) is 18.9 Å². The van der Waals surface area contributed by atoms with Gasteiger partial charge in [-0.25, -0.2) is 4.39 Å². The zero-order chi connectivity index (χ0) is 12.6. The van der Waals surface area contributed by atoms with Crippen LogP contribution in [0.15, 0.2) is 36.5 Å². The van der Waals surface area contributed by atoms with Gasteiger partial charge in [-0.15, -0.1) is 0 Å². The lowest BCUT2D eigenvalue weighted by molar-refractivity contribution is 0.263. The van der Waals surface area contributed by atoms with Crippen LogP contribution in [0.3, 0.4) is 0 Å². The van der Waals surface area contributed by atoms with Gasteiger partial charge in [-0.2, -0.15) is 5.10 Å². The van der Waals surface area contributed by atoms with Gasteiger partial charge >= 0.3 is 0 Å². The molecule has 1 N–H and O–H groups in total. The molecular weight excluding hydrogens is 229 g/mol. The molecule has 0 radical (unpaired) electrons. The van der Waals surface area contributed by atoms with E-state index in [1.165, 1.54) is 6.07 Å². The summed E-state index contributed by atoms with van der Waals surface area (Å²) in [6, 6.07) is 9.06. The standard InChI is InChI=1S/C14H16FN3/c1-18-7-6-11(17-18)8-14(9-16-10-14)12-4-2-3-5-13(12)15/h2-7,16H,8-10H2,1H3. The van der Waals surface area contributed by atoms with Crippen molar-refractivity contribution < 1.29 is 4.39 Å². The monoisotopic (exact) mass is 245 g/mol. The molecule has 0 unspecified atom stereocenters. The van der Waals surface area contributed by atoms with Gasteiger partial charge < -0.3 is 5.32 Å². The second-order valence-corrected chi connectivity index (χ2v) is 5.02. The Morgan fingerprint density at radius 2 is 2.11 bits per heavy atom. The predicted octanol–water partition coefficient (Wildman–Crippen LogP) is 1.64. The highest BCUT2D eigenvalue weighted by molar-refractivity contribution is 5.33. The van der Waals surface area contributed by atoms with E-state index in [0.29, 0.717) is 0 Å². The molecule has 4 heteroatoms. The Morgan fingerprint density at radius 3 is 2.67 bits per heavy atom.